The molecule has 1 atom stereocenters. The van der Waals surface area contributed by atoms with Crippen LogP contribution in [0.3, 0.4) is 0 Å². The van der Waals surface area contributed by atoms with E-state index in [2.05, 4.69) is 50.4 Å². The van der Waals surface area contributed by atoms with Crippen LogP contribution >= 0.6 is 0 Å². The largest absolute Gasteiger partial charge is 0.377 e. The number of benzene rings is 1. The smallest absolute Gasteiger partial charge is 0.0703 e. The summed E-state index contributed by atoms with van der Waals surface area (Å²) in [7, 11) is 1.97. The van der Waals surface area contributed by atoms with E-state index >= 15 is 0 Å². The Kier molecular flexibility index (Phi) is 7.36. The Balaban J connectivity index is 2.48. The van der Waals surface area contributed by atoms with Gasteiger partial charge in [-0.25, -0.2) is 0 Å². The van der Waals surface area contributed by atoms with E-state index in [1.807, 2.05) is 20.9 Å². The molecule has 0 heterocycles. The van der Waals surface area contributed by atoms with Gasteiger partial charge in [0.2, 0.25) is 0 Å². The fraction of sp³-hybridized carbons (Fsp3) is 0.667. The van der Waals surface area contributed by atoms with E-state index in [4.69, 9.17) is 9.47 Å². The Morgan fingerprint density at radius 3 is 2.14 bits per heavy atom. The van der Waals surface area contributed by atoms with Gasteiger partial charge in [-0.3, -0.25) is 0 Å². The molecule has 0 saturated carbocycles. The van der Waals surface area contributed by atoms with Gasteiger partial charge in [-0.05, 0) is 37.4 Å². The molecule has 0 saturated heterocycles. The van der Waals surface area contributed by atoms with Crippen molar-refractivity contribution in [1.82, 2.24) is 5.32 Å². The lowest BCUT2D eigenvalue weighted by Gasteiger charge is -2.21. The normalized spacial score (nSPS) is 13.7. The molecule has 1 aromatic rings. The molecule has 1 unspecified atom stereocenters. The molecule has 0 amide bonds. The maximum Gasteiger partial charge on any atom is 0.0703 e. The molecule has 21 heavy (non-hydrogen) atoms. The summed E-state index contributed by atoms with van der Waals surface area (Å²) in [6.07, 6.45) is 0.263. The number of rotatable bonds is 8. The minimum Gasteiger partial charge on any atom is -0.377 e. The topological polar surface area (TPSA) is 30.5 Å². The first-order chi connectivity index (χ1) is 9.84. The summed E-state index contributed by atoms with van der Waals surface area (Å²) < 4.78 is 11.2. The third kappa shape index (κ3) is 6.60. The van der Waals surface area contributed by atoms with Crippen molar-refractivity contribution in [2.24, 2.45) is 0 Å². The quantitative estimate of drug-likeness (QED) is 0.742. The highest BCUT2D eigenvalue weighted by Crippen LogP contribution is 2.24. The van der Waals surface area contributed by atoms with Gasteiger partial charge in [-0.1, -0.05) is 45.0 Å². The van der Waals surface area contributed by atoms with Crippen LogP contribution in [0.25, 0.3) is 0 Å². The van der Waals surface area contributed by atoms with Crippen LogP contribution in [0.4, 0.5) is 0 Å². The molecular formula is C18H31NO2. The number of nitrogens with one attached hydrogen (secondary N) is 1. The van der Waals surface area contributed by atoms with E-state index in [0.717, 1.165) is 0 Å². The van der Waals surface area contributed by atoms with Crippen LogP contribution in [0.15, 0.2) is 24.3 Å². The molecule has 1 aromatic carbocycles. The summed E-state index contributed by atoms with van der Waals surface area (Å²) in [6.45, 7) is 12.7. The molecule has 1 rings (SSSR count). The van der Waals surface area contributed by atoms with Crippen LogP contribution in [0, 0.1) is 0 Å². The van der Waals surface area contributed by atoms with Crippen LogP contribution < -0.4 is 5.32 Å². The molecule has 0 spiro atoms. The van der Waals surface area contributed by atoms with Gasteiger partial charge in [0.05, 0.1) is 32.0 Å². The Labute approximate surface area is 130 Å². The number of hydrogen-bond donors (Lipinski definition) is 1. The zero-order valence-electron chi connectivity index (χ0n) is 14.4. The number of hydrogen-bond acceptors (Lipinski definition) is 3. The second-order valence-electron chi connectivity index (χ2n) is 6.71. The van der Waals surface area contributed by atoms with Gasteiger partial charge in [0.15, 0.2) is 0 Å². The second kappa shape index (κ2) is 8.52. The first-order valence-electron chi connectivity index (χ1n) is 7.81. The molecule has 0 fully saturated rings. The third-order valence-electron chi connectivity index (χ3n) is 3.49. The van der Waals surface area contributed by atoms with Crippen LogP contribution in [0.5, 0.6) is 0 Å². The van der Waals surface area contributed by atoms with Gasteiger partial charge in [0.25, 0.3) is 0 Å². The molecule has 120 valence electrons. The molecule has 0 aromatic heterocycles. The predicted octanol–water partition coefficient (Wildman–Crippen LogP) is 3.69. The zero-order chi connectivity index (χ0) is 15.9. The Hall–Kier alpha value is -0.900. The Morgan fingerprint density at radius 2 is 1.67 bits per heavy atom. The van der Waals surface area contributed by atoms with Crippen molar-refractivity contribution in [3.8, 4) is 0 Å². The average molecular weight is 293 g/mol. The van der Waals surface area contributed by atoms with E-state index in [9.17, 15) is 0 Å². The van der Waals surface area contributed by atoms with Crippen LogP contribution in [-0.2, 0) is 14.9 Å². The summed E-state index contributed by atoms with van der Waals surface area (Å²) in [5.74, 6) is 0. The van der Waals surface area contributed by atoms with E-state index in [1.54, 1.807) is 0 Å². The van der Waals surface area contributed by atoms with E-state index in [0.29, 0.717) is 19.8 Å². The standard InChI is InChI=1S/C18H31NO2/c1-14(2)21-12-11-20-13-17(19-6)15-7-9-16(10-8-15)18(3,4)5/h7-10,14,17,19H,11-13H2,1-6H3. The van der Waals surface area contributed by atoms with Crippen molar-refractivity contribution in [2.45, 2.75) is 52.2 Å². The molecule has 0 aliphatic heterocycles. The van der Waals surface area contributed by atoms with Crippen molar-refractivity contribution in [3.63, 3.8) is 0 Å². The van der Waals surface area contributed by atoms with Gasteiger partial charge in [0, 0.05) is 0 Å². The molecule has 0 radical (unpaired) electrons. The zero-order valence-corrected chi connectivity index (χ0v) is 14.4. The number of likely N-dealkylation sites (N-methyl/N-ethyl adjacent to an activating group) is 1. The van der Waals surface area contributed by atoms with Crippen molar-refractivity contribution in [1.29, 1.82) is 0 Å². The summed E-state index contributed by atoms with van der Waals surface area (Å²) in [6, 6.07) is 9.02. The monoisotopic (exact) mass is 293 g/mol. The van der Waals surface area contributed by atoms with Crippen LogP contribution in [0.1, 0.15) is 51.8 Å². The summed E-state index contributed by atoms with van der Waals surface area (Å²) in [5, 5.41) is 3.31. The number of ether oxygens (including phenoxy) is 2. The summed E-state index contributed by atoms with van der Waals surface area (Å²) in [4.78, 5) is 0. The Morgan fingerprint density at radius 1 is 1.05 bits per heavy atom. The lowest BCUT2D eigenvalue weighted by molar-refractivity contribution is 0.0142. The lowest BCUT2D eigenvalue weighted by atomic mass is 9.86. The van der Waals surface area contributed by atoms with Gasteiger partial charge < -0.3 is 14.8 Å². The molecule has 3 nitrogen and oxygen atoms in total. The van der Waals surface area contributed by atoms with E-state index in [-0.39, 0.29) is 17.6 Å². The first kappa shape index (κ1) is 18.1. The minimum atomic E-state index is 0.193. The van der Waals surface area contributed by atoms with Gasteiger partial charge >= 0.3 is 0 Å². The maximum absolute atomic E-state index is 5.70. The average Bonchev–Trinajstić information content (AvgIpc) is 2.42. The predicted molar refractivity (Wildman–Crippen MR) is 88.8 cm³/mol. The molecule has 0 bridgehead atoms. The highest BCUT2D eigenvalue weighted by Gasteiger charge is 2.15. The highest BCUT2D eigenvalue weighted by atomic mass is 16.5. The van der Waals surface area contributed by atoms with Crippen molar-refractivity contribution < 1.29 is 9.47 Å². The third-order valence-corrected chi connectivity index (χ3v) is 3.49. The fourth-order valence-corrected chi connectivity index (χ4v) is 2.11. The second-order valence-corrected chi connectivity index (χ2v) is 6.71. The van der Waals surface area contributed by atoms with E-state index < -0.39 is 0 Å². The van der Waals surface area contributed by atoms with Gasteiger partial charge in [-0.2, -0.15) is 0 Å². The van der Waals surface area contributed by atoms with E-state index in [1.165, 1.54) is 11.1 Å². The maximum atomic E-state index is 5.70. The molecule has 0 aliphatic rings. The van der Waals surface area contributed by atoms with Crippen molar-refractivity contribution >= 4 is 0 Å². The van der Waals surface area contributed by atoms with Crippen LogP contribution in [0.2, 0.25) is 0 Å². The fourth-order valence-electron chi connectivity index (χ4n) is 2.11. The lowest BCUT2D eigenvalue weighted by Crippen LogP contribution is -2.23. The first-order valence-corrected chi connectivity index (χ1v) is 7.81. The highest BCUT2D eigenvalue weighted by molar-refractivity contribution is 5.29. The van der Waals surface area contributed by atoms with Gasteiger partial charge in [-0.15, -0.1) is 0 Å². The van der Waals surface area contributed by atoms with Crippen molar-refractivity contribution in [2.75, 3.05) is 26.9 Å². The van der Waals surface area contributed by atoms with Crippen LogP contribution in [-0.4, -0.2) is 33.0 Å². The van der Waals surface area contributed by atoms with Gasteiger partial charge in [0.1, 0.15) is 0 Å². The summed E-state index contributed by atoms with van der Waals surface area (Å²) in [5.41, 5.74) is 2.81. The van der Waals surface area contributed by atoms with Crippen molar-refractivity contribution in [3.05, 3.63) is 35.4 Å². The summed E-state index contributed by atoms with van der Waals surface area (Å²) >= 11 is 0. The molecule has 3 heteroatoms. The SMILES string of the molecule is CNC(COCCOC(C)C)c1ccc(C(C)(C)C)cc1. The Bertz CT molecular complexity index is 393. The molecule has 1 N–H and O–H groups in total. The minimum absolute atomic E-state index is 0.193. The molecular weight excluding hydrogens is 262 g/mol. The molecule has 0 aliphatic carbocycles.